The Hall–Kier alpha value is -1.80. The summed E-state index contributed by atoms with van der Waals surface area (Å²) in [5.41, 5.74) is 0.447. The van der Waals surface area contributed by atoms with Crippen molar-refractivity contribution in [2.45, 2.75) is 11.3 Å². The van der Waals surface area contributed by atoms with Gasteiger partial charge in [0, 0.05) is 5.56 Å². The quantitative estimate of drug-likeness (QED) is 0.782. The molecule has 0 N–H and O–H groups in total. The van der Waals surface area contributed by atoms with E-state index in [4.69, 9.17) is 14.2 Å². The zero-order chi connectivity index (χ0) is 15.4. The number of carbonyl (C=O) groups excluding carboxylic acids is 1. The smallest absolute Gasteiger partial charge is 0.226 e. The fraction of sp³-hybridized carbons (Fsp3) is 0.308. The number of hydrogen-bond acceptors (Lipinski definition) is 8. The number of thioether (sulfide) groups is 1. The first-order chi connectivity index (χ1) is 10.1. The van der Waals surface area contributed by atoms with Crippen LogP contribution in [0.4, 0.5) is 0 Å². The van der Waals surface area contributed by atoms with Crippen molar-refractivity contribution < 1.29 is 19.0 Å². The highest BCUT2D eigenvalue weighted by molar-refractivity contribution is 8.15. The number of aromatic nitrogens is 2. The summed E-state index contributed by atoms with van der Waals surface area (Å²) in [4.78, 5) is 12.3. The number of rotatable bonds is 5. The molecule has 1 aromatic heterocycles. The Balaban J connectivity index is 2.32. The summed E-state index contributed by atoms with van der Waals surface area (Å²) in [6, 6.07) is 3.23. The Morgan fingerprint density at radius 1 is 1.10 bits per heavy atom. The van der Waals surface area contributed by atoms with Crippen LogP contribution in [0.1, 0.15) is 15.4 Å². The van der Waals surface area contributed by atoms with Gasteiger partial charge in [0.05, 0.1) is 21.3 Å². The molecule has 0 aliphatic carbocycles. The van der Waals surface area contributed by atoms with E-state index in [9.17, 15) is 4.79 Å². The first-order valence-corrected chi connectivity index (χ1v) is 7.54. The number of methoxy groups -OCH3 is 3. The molecule has 0 aliphatic rings. The van der Waals surface area contributed by atoms with Crippen molar-refractivity contribution in [3.8, 4) is 17.2 Å². The lowest BCUT2D eigenvalue weighted by molar-refractivity contribution is 0.108. The number of carbonyl (C=O) groups is 1. The fourth-order valence-electron chi connectivity index (χ4n) is 1.66. The average Bonchev–Trinajstić information content (AvgIpc) is 2.90. The van der Waals surface area contributed by atoms with Crippen molar-refractivity contribution >= 4 is 28.2 Å². The molecule has 0 atom stereocenters. The number of aryl methyl sites for hydroxylation is 1. The molecule has 1 heterocycles. The van der Waals surface area contributed by atoms with Crippen LogP contribution >= 0.6 is 23.1 Å². The van der Waals surface area contributed by atoms with E-state index < -0.39 is 0 Å². The lowest BCUT2D eigenvalue weighted by Gasteiger charge is -2.13. The molecule has 0 aliphatic heterocycles. The minimum Gasteiger partial charge on any atom is -0.493 e. The second-order valence-electron chi connectivity index (χ2n) is 3.89. The zero-order valence-corrected chi connectivity index (χ0v) is 13.6. The normalized spacial score (nSPS) is 10.3. The topological polar surface area (TPSA) is 70.5 Å². The van der Waals surface area contributed by atoms with Crippen LogP contribution in [0.5, 0.6) is 17.2 Å². The maximum Gasteiger partial charge on any atom is 0.226 e. The summed E-state index contributed by atoms with van der Waals surface area (Å²) >= 11 is 2.39. The maximum atomic E-state index is 12.3. The van der Waals surface area contributed by atoms with Gasteiger partial charge in [-0.15, -0.1) is 10.2 Å². The van der Waals surface area contributed by atoms with Gasteiger partial charge in [-0.1, -0.05) is 11.3 Å². The van der Waals surface area contributed by atoms with Gasteiger partial charge in [0.15, 0.2) is 15.8 Å². The summed E-state index contributed by atoms with van der Waals surface area (Å²) in [6.07, 6.45) is 0. The van der Waals surface area contributed by atoms with Crippen LogP contribution in [-0.2, 0) is 0 Å². The molecule has 6 nitrogen and oxygen atoms in total. The van der Waals surface area contributed by atoms with E-state index in [1.54, 1.807) is 12.1 Å². The second-order valence-corrected chi connectivity index (χ2v) is 6.29. The third-order valence-electron chi connectivity index (χ3n) is 2.59. The van der Waals surface area contributed by atoms with Crippen LogP contribution in [0.2, 0.25) is 0 Å². The third kappa shape index (κ3) is 3.45. The van der Waals surface area contributed by atoms with E-state index in [1.807, 2.05) is 6.92 Å². The standard InChI is InChI=1S/C13H14N2O4S2/c1-7-14-15-13(20-7)21-12(16)8-5-9(17-2)11(19-4)10(6-8)18-3/h5-6H,1-4H3. The van der Waals surface area contributed by atoms with Crippen molar-refractivity contribution in [2.24, 2.45) is 0 Å². The first kappa shape index (κ1) is 15.6. The Morgan fingerprint density at radius 3 is 2.14 bits per heavy atom. The minimum absolute atomic E-state index is 0.162. The SMILES string of the molecule is COc1cc(C(=O)Sc2nnc(C)s2)cc(OC)c1OC. The van der Waals surface area contributed by atoms with Crippen LogP contribution in [0.15, 0.2) is 16.5 Å². The van der Waals surface area contributed by atoms with Crippen molar-refractivity contribution in [1.82, 2.24) is 10.2 Å². The van der Waals surface area contributed by atoms with Crippen LogP contribution < -0.4 is 14.2 Å². The molecule has 0 saturated heterocycles. The summed E-state index contributed by atoms with van der Waals surface area (Å²) in [5.74, 6) is 1.33. The van der Waals surface area contributed by atoms with E-state index in [1.165, 1.54) is 32.7 Å². The third-order valence-corrected chi connectivity index (χ3v) is 4.40. The molecule has 0 amide bonds. The molecule has 0 fully saturated rings. The van der Waals surface area contributed by atoms with Crippen LogP contribution in [0.3, 0.4) is 0 Å². The average molecular weight is 326 g/mol. The second kappa shape index (κ2) is 6.77. The van der Waals surface area contributed by atoms with Gasteiger partial charge in [-0.25, -0.2) is 0 Å². The van der Waals surface area contributed by atoms with Crippen molar-refractivity contribution in [3.63, 3.8) is 0 Å². The molecule has 1 aromatic carbocycles. The largest absolute Gasteiger partial charge is 0.493 e. The zero-order valence-electron chi connectivity index (χ0n) is 12.0. The van der Waals surface area contributed by atoms with Crippen LogP contribution in [-0.4, -0.2) is 36.6 Å². The van der Waals surface area contributed by atoms with Crippen LogP contribution in [0.25, 0.3) is 0 Å². The Bertz CT molecular complexity index is 632. The Morgan fingerprint density at radius 2 is 1.71 bits per heavy atom. The van der Waals surface area contributed by atoms with E-state index in [0.29, 0.717) is 27.2 Å². The van der Waals surface area contributed by atoms with Crippen molar-refractivity contribution in [2.75, 3.05) is 21.3 Å². The minimum atomic E-state index is -0.162. The van der Waals surface area contributed by atoms with Gasteiger partial charge in [-0.05, 0) is 30.8 Å². The molecule has 0 spiro atoms. The molecule has 2 aromatic rings. The number of hydrogen-bond donors (Lipinski definition) is 0. The molecule has 0 saturated carbocycles. The van der Waals surface area contributed by atoms with Crippen molar-refractivity contribution in [3.05, 3.63) is 22.7 Å². The highest BCUT2D eigenvalue weighted by Crippen LogP contribution is 2.39. The van der Waals surface area contributed by atoms with E-state index in [-0.39, 0.29) is 5.12 Å². The summed E-state index contributed by atoms with van der Waals surface area (Å²) in [5, 5.41) is 8.46. The van der Waals surface area contributed by atoms with Gasteiger partial charge < -0.3 is 14.2 Å². The predicted octanol–water partition coefficient (Wildman–Crippen LogP) is 2.80. The predicted molar refractivity (Wildman–Crippen MR) is 80.9 cm³/mol. The molecule has 0 unspecified atom stereocenters. The summed E-state index contributed by atoms with van der Waals surface area (Å²) < 4.78 is 16.3. The lowest BCUT2D eigenvalue weighted by atomic mass is 10.2. The van der Waals surface area contributed by atoms with E-state index >= 15 is 0 Å². The first-order valence-electron chi connectivity index (χ1n) is 5.91. The molecule has 112 valence electrons. The van der Waals surface area contributed by atoms with Crippen LogP contribution in [0, 0.1) is 6.92 Å². The molecule has 0 bridgehead atoms. The molecule has 2 rings (SSSR count). The highest BCUT2D eigenvalue weighted by atomic mass is 32.2. The summed E-state index contributed by atoms with van der Waals surface area (Å²) in [7, 11) is 4.53. The van der Waals surface area contributed by atoms with Gasteiger partial charge in [0.1, 0.15) is 5.01 Å². The Kier molecular flexibility index (Phi) is 5.03. The number of ether oxygens (including phenoxy) is 3. The summed E-state index contributed by atoms with van der Waals surface area (Å²) in [6.45, 7) is 1.84. The van der Waals surface area contributed by atoms with E-state index in [2.05, 4.69) is 10.2 Å². The Labute approximate surface area is 130 Å². The van der Waals surface area contributed by atoms with Gasteiger partial charge in [-0.3, -0.25) is 4.79 Å². The molecule has 0 radical (unpaired) electrons. The molecular formula is C13H14N2O4S2. The van der Waals surface area contributed by atoms with Gasteiger partial charge >= 0.3 is 0 Å². The van der Waals surface area contributed by atoms with Gasteiger partial charge in [-0.2, -0.15) is 0 Å². The molecular weight excluding hydrogens is 312 g/mol. The molecule has 21 heavy (non-hydrogen) atoms. The van der Waals surface area contributed by atoms with E-state index in [0.717, 1.165) is 16.8 Å². The maximum absolute atomic E-state index is 12.3. The number of nitrogens with zero attached hydrogens (tertiary/aromatic N) is 2. The van der Waals surface area contributed by atoms with Crippen molar-refractivity contribution in [1.29, 1.82) is 0 Å². The fourth-order valence-corrected chi connectivity index (χ4v) is 3.30. The monoisotopic (exact) mass is 326 g/mol. The highest BCUT2D eigenvalue weighted by Gasteiger charge is 2.18. The molecule has 8 heteroatoms. The van der Waals surface area contributed by atoms with Gasteiger partial charge in [0.2, 0.25) is 10.9 Å². The lowest BCUT2D eigenvalue weighted by Crippen LogP contribution is -2.00. The van der Waals surface area contributed by atoms with Gasteiger partial charge in [0.25, 0.3) is 0 Å². The number of benzene rings is 1.